The number of aryl methyl sites for hydroxylation is 1. The number of benzene rings is 2. The van der Waals surface area contributed by atoms with Gasteiger partial charge in [-0.25, -0.2) is 0 Å². The molecule has 2 heterocycles. The maximum atomic E-state index is 12.8. The molecule has 3 aromatic rings. The standard InChI is InChI=1S/C25H31N5OS/c1-19-7-6-8-21(17-19)24-26-27-25(32)30(24)16-13-23(31)28(2)18-20-9-11-22(12-10-20)29-14-4-3-5-15-29/h6-12,17H,3-5,13-16,18H2,1-2H3,(H,27,32). The van der Waals surface area contributed by atoms with E-state index in [2.05, 4.69) is 45.4 Å². The first-order valence-electron chi connectivity index (χ1n) is 11.3. The fraction of sp³-hybridized carbons (Fsp3) is 0.400. The molecule has 0 spiro atoms. The number of hydrogen-bond donors (Lipinski definition) is 1. The fourth-order valence-corrected chi connectivity index (χ4v) is 4.48. The third-order valence-electron chi connectivity index (χ3n) is 6.09. The number of amides is 1. The van der Waals surface area contributed by atoms with Crippen molar-refractivity contribution in [1.82, 2.24) is 19.7 Å². The largest absolute Gasteiger partial charge is 0.372 e. The Morgan fingerprint density at radius 3 is 2.59 bits per heavy atom. The summed E-state index contributed by atoms with van der Waals surface area (Å²) in [6.07, 6.45) is 4.24. The number of H-pyrrole nitrogens is 1. The van der Waals surface area contributed by atoms with Gasteiger partial charge >= 0.3 is 0 Å². The van der Waals surface area contributed by atoms with Crippen LogP contribution in [0, 0.1) is 11.7 Å². The summed E-state index contributed by atoms with van der Waals surface area (Å²) in [6.45, 7) is 5.42. The van der Waals surface area contributed by atoms with Gasteiger partial charge in [-0.15, -0.1) is 0 Å². The summed E-state index contributed by atoms with van der Waals surface area (Å²) in [5, 5.41) is 7.25. The van der Waals surface area contributed by atoms with E-state index < -0.39 is 0 Å². The minimum Gasteiger partial charge on any atom is -0.372 e. The molecule has 0 bridgehead atoms. The normalized spacial score (nSPS) is 13.9. The summed E-state index contributed by atoms with van der Waals surface area (Å²) in [5.74, 6) is 0.853. The van der Waals surface area contributed by atoms with Crippen LogP contribution in [-0.4, -0.2) is 45.7 Å². The number of rotatable bonds is 7. The lowest BCUT2D eigenvalue weighted by Crippen LogP contribution is -2.29. The Balaban J connectivity index is 1.36. The van der Waals surface area contributed by atoms with Crippen molar-refractivity contribution in [3.8, 4) is 11.4 Å². The number of aromatic nitrogens is 3. The van der Waals surface area contributed by atoms with E-state index in [0.29, 0.717) is 24.3 Å². The van der Waals surface area contributed by atoms with Crippen LogP contribution in [0.15, 0.2) is 48.5 Å². The predicted octanol–water partition coefficient (Wildman–Crippen LogP) is 4.96. The second kappa shape index (κ2) is 10.1. The quantitative estimate of drug-likeness (QED) is 0.518. The number of nitrogens with zero attached hydrogens (tertiary/aromatic N) is 4. The zero-order valence-electron chi connectivity index (χ0n) is 18.9. The lowest BCUT2D eigenvalue weighted by molar-refractivity contribution is -0.130. The molecule has 0 unspecified atom stereocenters. The second-order valence-corrected chi connectivity index (χ2v) is 8.97. The van der Waals surface area contributed by atoms with Crippen LogP contribution in [0.3, 0.4) is 0 Å². The molecule has 32 heavy (non-hydrogen) atoms. The van der Waals surface area contributed by atoms with Crippen LogP contribution in [0.1, 0.15) is 36.8 Å². The van der Waals surface area contributed by atoms with Crippen molar-refractivity contribution in [2.75, 3.05) is 25.0 Å². The van der Waals surface area contributed by atoms with Gasteiger partial charge in [-0.3, -0.25) is 14.5 Å². The lowest BCUT2D eigenvalue weighted by atomic mass is 10.1. The molecule has 168 valence electrons. The van der Waals surface area contributed by atoms with Crippen molar-refractivity contribution >= 4 is 23.8 Å². The average molecular weight is 450 g/mol. The number of carbonyl (C=O) groups excluding carboxylic acids is 1. The fourth-order valence-electron chi connectivity index (χ4n) is 4.25. The van der Waals surface area contributed by atoms with Gasteiger partial charge in [0.05, 0.1) is 0 Å². The van der Waals surface area contributed by atoms with E-state index in [9.17, 15) is 4.79 Å². The first-order chi connectivity index (χ1) is 15.5. The summed E-state index contributed by atoms with van der Waals surface area (Å²) in [6, 6.07) is 16.8. The molecule has 0 atom stereocenters. The maximum Gasteiger partial charge on any atom is 0.224 e. The smallest absolute Gasteiger partial charge is 0.224 e. The SMILES string of the molecule is Cc1cccc(-c2n[nH]c(=S)n2CCC(=O)N(C)Cc2ccc(N3CCCCC3)cc2)c1. The Morgan fingerprint density at radius 2 is 1.88 bits per heavy atom. The van der Waals surface area contributed by atoms with E-state index in [4.69, 9.17) is 12.2 Å². The summed E-state index contributed by atoms with van der Waals surface area (Å²) in [7, 11) is 1.86. The van der Waals surface area contributed by atoms with Crippen LogP contribution in [0.4, 0.5) is 5.69 Å². The molecule has 1 aliphatic rings. The highest BCUT2D eigenvalue weighted by molar-refractivity contribution is 7.71. The molecular weight excluding hydrogens is 418 g/mol. The maximum absolute atomic E-state index is 12.8. The van der Waals surface area contributed by atoms with Crippen LogP contribution in [-0.2, 0) is 17.9 Å². The van der Waals surface area contributed by atoms with Gasteiger partial charge in [-0.1, -0.05) is 35.9 Å². The topological polar surface area (TPSA) is 57.2 Å². The predicted molar refractivity (Wildman–Crippen MR) is 131 cm³/mol. The van der Waals surface area contributed by atoms with Crippen molar-refractivity contribution in [2.45, 2.75) is 45.7 Å². The molecule has 1 aliphatic heterocycles. The van der Waals surface area contributed by atoms with E-state index >= 15 is 0 Å². The summed E-state index contributed by atoms with van der Waals surface area (Å²) in [4.78, 5) is 17.0. The molecule has 1 fully saturated rings. The molecular formula is C25H31N5OS. The van der Waals surface area contributed by atoms with Gasteiger partial charge in [0.1, 0.15) is 0 Å². The van der Waals surface area contributed by atoms with Gasteiger partial charge in [-0.05, 0) is 62.2 Å². The molecule has 0 saturated carbocycles. The highest BCUT2D eigenvalue weighted by Crippen LogP contribution is 2.21. The number of nitrogens with one attached hydrogen (secondary N) is 1. The number of aromatic amines is 1. The summed E-state index contributed by atoms with van der Waals surface area (Å²) >= 11 is 5.41. The van der Waals surface area contributed by atoms with Crippen molar-refractivity contribution in [2.24, 2.45) is 0 Å². The number of carbonyl (C=O) groups is 1. The zero-order valence-corrected chi connectivity index (χ0v) is 19.7. The van der Waals surface area contributed by atoms with E-state index in [0.717, 1.165) is 35.6 Å². The Labute approximate surface area is 194 Å². The Bertz CT molecular complexity index is 1110. The highest BCUT2D eigenvalue weighted by atomic mass is 32.1. The number of piperidine rings is 1. The van der Waals surface area contributed by atoms with Crippen LogP contribution < -0.4 is 4.90 Å². The lowest BCUT2D eigenvalue weighted by Gasteiger charge is -2.29. The number of anilines is 1. The third-order valence-corrected chi connectivity index (χ3v) is 6.40. The minimum atomic E-state index is 0.0865. The van der Waals surface area contributed by atoms with Gasteiger partial charge in [-0.2, -0.15) is 5.10 Å². The van der Waals surface area contributed by atoms with Gasteiger partial charge in [0, 0.05) is 50.9 Å². The molecule has 1 saturated heterocycles. The average Bonchev–Trinajstić information content (AvgIpc) is 3.18. The Hall–Kier alpha value is -2.93. The molecule has 1 aromatic heterocycles. The first kappa shape index (κ1) is 22.3. The first-order valence-corrected chi connectivity index (χ1v) is 11.7. The van der Waals surface area contributed by atoms with Crippen LogP contribution in [0.5, 0.6) is 0 Å². The molecule has 1 amide bonds. The molecule has 7 heteroatoms. The third kappa shape index (κ3) is 5.27. The van der Waals surface area contributed by atoms with Gasteiger partial charge in [0.15, 0.2) is 10.6 Å². The van der Waals surface area contributed by atoms with E-state index in [1.807, 2.05) is 36.7 Å². The van der Waals surface area contributed by atoms with Crippen LogP contribution in [0.25, 0.3) is 11.4 Å². The Kier molecular flexibility index (Phi) is 7.05. The van der Waals surface area contributed by atoms with Crippen LogP contribution >= 0.6 is 12.2 Å². The van der Waals surface area contributed by atoms with Crippen molar-refractivity contribution in [1.29, 1.82) is 0 Å². The summed E-state index contributed by atoms with van der Waals surface area (Å²) in [5.41, 5.74) is 4.57. The molecule has 0 aliphatic carbocycles. The van der Waals surface area contributed by atoms with Gasteiger partial charge in [0.25, 0.3) is 0 Å². The molecule has 0 radical (unpaired) electrons. The number of hydrogen-bond acceptors (Lipinski definition) is 4. The van der Waals surface area contributed by atoms with Crippen LogP contribution in [0.2, 0.25) is 0 Å². The second-order valence-electron chi connectivity index (χ2n) is 8.59. The highest BCUT2D eigenvalue weighted by Gasteiger charge is 2.15. The molecule has 2 aromatic carbocycles. The molecule has 6 nitrogen and oxygen atoms in total. The van der Waals surface area contributed by atoms with Gasteiger partial charge < -0.3 is 9.80 Å². The van der Waals surface area contributed by atoms with Gasteiger partial charge in [0.2, 0.25) is 5.91 Å². The summed E-state index contributed by atoms with van der Waals surface area (Å²) < 4.78 is 2.44. The monoisotopic (exact) mass is 449 g/mol. The molecule has 1 N–H and O–H groups in total. The minimum absolute atomic E-state index is 0.0865. The Morgan fingerprint density at radius 1 is 1.12 bits per heavy atom. The van der Waals surface area contributed by atoms with Crippen molar-refractivity contribution in [3.63, 3.8) is 0 Å². The zero-order chi connectivity index (χ0) is 22.5. The van der Waals surface area contributed by atoms with E-state index in [-0.39, 0.29) is 5.91 Å². The van der Waals surface area contributed by atoms with E-state index in [1.54, 1.807) is 4.90 Å². The van der Waals surface area contributed by atoms with Crippen molar-refractivity contribution < 1.29 is 4.79 Å². The van der Waals surface area contributed by atoms with Crippen molar-refractivity contribution in [3.05, 3.63) is 64.4 Å². The van der Waals surface area contributed by atoms with E-state index in [1.165, 1.54) is 24.9 Å². The molecule has 4 rings (SSSR count).